The molecule has 9 aromatic rings. The van der Waals surface area contributed by atoms with E-state index in [1.165, 1.54) is 64.6 Å². The van der Waals surface area contributed by atoms with Crippen LogP contribution in [0.5, 0.6) is 0 Å². The minimum Gasteiger partial charge on any atom is -0.310 e. The van der Waals surface area contributed by atoms with Crippen molar-refractivity contribution < 1.29 is 0 Å². The highest BCUT2D eigenvalue weighted by Crippen LogP contribution is 2.44. The van der Waals surface area contributed by atoms with Gasteiger partial charge in [-0.1, -0.05) is 127 Å². The fourth-order valence-corrected chi connectivity index (χ4v) is 7.09. The first-order valence-electron chi connectivity index (χ1n) is 14.9. The highest BCUT2D eigenvalue weighted by molar-refractivity contribution is 6.34. The number of fused-ring (bicyclic) bond motifs is 12. The Kier molecular flexibility index (Phi) is 5.27. The SMILES string of the molecule is c1ccc(N(c2ccccc2)c2ccc3c(c2)c2ccccc2c2c4ccc5c6ccccc6ccc5c4ccc32)cc1. The highest BCUT2D eigenvalue weighted by atomic mass is 15.1. The van der Waals surface area contributed by atoms with Crippen molar-refractivity contribution in [2.75, 3.05) is 4.90 Å². The van der Waals surface area contributed by atoms with E-state index in [9.17, 15) is 0 Å². The molecule has 0 N–H and O–H groups in total. The molecule has 200 valence electrons. The molecule has 0 aliphatic rings. The van der Waals surface area contributed by atoms with E-state index in [-0.39, 0.29) is 0 Å². The second-order valence-electron chi connectivity index (χ2n) is 11.3. The van der Waals surface area contributed by atoms with Gasteiger partial charge in [0.05, 0.1) is 0 Å². The molecule has 9 aromatic carbocycles. The van der Waals surface area contributed by atoms with E-state index in [2.05, 4.69) is 169 Å². The predicted octanol–water partition coefficient (Wildman–Crippen LogP) is 12.1. The van der Waals surface area contributed by atoms with Crippen molar-refractivity contribution in [2.45, 2.75) is 0 Å². The van der Waals surface area contributed by atoms with Crippen molar-refractivity contribution in [3.8, 4) is 0 Å². The molecule has 0 heterocycles. The summed E-state index contributed by atoms with van der Waals surface area (Å²) < 4.78 is 0. The van der Waals surface area contributed by atoms with E-state index in [0.29, 0.717) is 0 Å². The van der Waals surface area contributed by atoms with Crippen molar-refractivity contribution in [3.05, 3.63) is 164 Å². The van der Waals surface area contributed by atoms with Crippen LogP contribution in [0.4, 0.5) is 17.1 Å². The number of hydrogen-bond donors (Lipinski definition) is 0. The second-order valence-corrected chi connectivity index (χ2v) is 11.3. The summed E-state index contributed by atoms with van der Waals surface area (Å²) in [6.07, 6.45) is 0. The summed E-state index contributed by atoms with van der Waals surface area (Å²) in [7, 11) is 0. The zero-order valence-corrected chi connectivity index (χ0v) is 23.5. The number of rotatable bonds is 3. The van der Waals surface area contributed by atoms with E-state index in [1.807, 2.05) is 0 Å². The molecule has 0 aliphatic carbocycles. The molecule has 0 spiro atoms. The van der Waals surface area contributed by atoms with E-state index < -0.39 is 0 Å². The number of anilines is 3. The Morgan fingerprint density at radius 3 is 1.37 bits per heavy atom. The summed E-state index contributed by atoms with van der Waals surface area (Å²) in [4.78, 5) is 2.34. The molecule has 0 bridgehead atoms. The van der Waals surface area contributed by atoms with Gasteiger partial charge in [0, 0.05) is 17.1 Å². The first-order chi connectivity index (χ1) is 21.3. The van der Waals surface area contributed by atoms with Gasteiger partial charge >= 0.3 is 0 Å². The topological polar surface area (TPSA) is 3.24 Å². The first-order valence-corrected chi connectivity index (χ1v) is 14.9. The number of benzene rings is 9. The summed E-state index contributed by atoms with van der Waals surface area (Å²) in [6, 6.07) is 59.7. The minimum absolute atomic E-state index is 1.14. The van der Waals surface area contributed by atoms with Crippen molar-refractivity contribution >= 4 is 81.7 Å². The van der Waals surface area contributed by atoms with Crippen LogP contribution in [-0.4, -0.2) is 0 Å². The zero-order chi connectivity index (χ0) is 28.3. The zero-order valence-electron chi connectivity index (χ0n) is 23.5. The molecule has 0 radical (unpaired) electrons. The standard InChI is InChI=1S/C42H27N/c1-3-12-29(13-4-1)43(30-14-5-2-6-15-30)31-20-22-37-40-26-24-36-35-21-19-28-11-7-8-16-32(28)34(35)23-25-39(36)42(40)38-18-10-9-17-33(38)41(37)27-31/h1-27H. The molecular formula is C42H27N. The van der Waals surface area contributed by atoms with Crippen LogP contribution in [0.15, 0.2) is 164 Å². The molecule has 0 saturated heterocycles. The van der Waals surface area contributed by atoms with Gasteiger partial charge in [-0.3, -0.25) is 0 Å². The number of nitrogens with zero attached hydrogens (tertiary/aromatic N) is 1. The molecule has 9 rings (SSSR count). The molecule has 0 atom stereocenters. The predicted molar refractivity (Wildman–Crippen MR) is 186 cm³/mol. The molecule has 1 heteroatoms. The van der Waals surface area contributed by atoms with Crippen molar-refractivity contribution in [3.63, 3.8) is 0 Å². The largest absolute Gasteiger partial charge is 0.310 e. The Balaban J connectivity index is 1.36. The third kappa shape index (κ3) is 3.65. The average Bonchev–Trinajstić information content (AvgIpc) is 3.08. The fourth-order valence-electron chi connectivity index (χ4n) is 7.09. The van der Waals surface area contributed by atoms with Gasteiger partial charge in [0.2, 0.25) is 0 Å². The molecular weight excluding hydrogens is 518 g/mol. The Morgan fingerprint density at radius 2 is 0.674 bits per heavy atom. The van der Waals surface area contributed by atoms with Crippen LogP contribution in [-0.2, 0) is 0 Å². The van der Waals surface area contributed by atoms with Crippen LogP contribution in [0.3, 0.4) is 0 Å². The lowest BCUT2D eigenvalue weighted by Crippen LogP contribution is -2.09. The smallest absolute Gasteiger partial charge is 0.0468 e. The molecule has 0 fully saturated rings. The van der Waals surface area contributed by atoms with E-state index in [1.54, 1.807) is 0 Å². The van der Waals surface area contributed by atoms with Gasteiger partial charge in [-0.2, -0.15) is 0 Å². The summed E-state index contributed by atoms with van der Waals surface area (Å²) >= 11 is 0. The van der Waals surface area contributed by atoms with Gasteiger partial charge in [0.1, 0.15) is 0 Å². The summed E-state index contributed by atoms with van der Waals surface area (Å²) in [6.45, 7) is 0. The second kappa shape index (κ2) is 9.44. The molecule has 0 aliphatic heterocycles. The lowest BCUT2D eigenvalue weighted by molar-refractivity contribution is 1.29. The van der Waals surface area contributed by atoms with Crippen LogP contribution in [0, 0.1) is 0 Å². The summed E-state index contributed by atoms with van der Waals surface area (Å²) in [5.41, 5.74) is 3.43. The van der Waals surface area contributed by atoms with Gasteiger partial charge in [-0.05, 0) is 101 Å². The minimum atomic E-state index is 1.14. The van der Waals surface area contributed by atoms with Crippen molar-refractivity contribution in [1.29, 1.82) is 0 Å². The van der Waals surface area contributed by atoms with Crippen LogP contribution >= 0.6 is 0 Å². The molecule has 1 nitrogen and oxygen atoms in total. The van der Waals surface area contributed by atoms with E-state index in [0.717, 1.165) is 17.1 Å². The Morgan fingerprint density at radius 1 is 0.256 bits per heavy atom. The number of para-hydroxylation sites is 2. The Bertz CT molecular complexity index is 2440. The summed E-state index contributed by atoms with van der Waals surface area (Å²) in [5, 5.41) is 15.5. The average molecular weight is 546 g/mol. The number of hydrogen-bond acceptors (Lipinski definition) is 1. The lowest BCUT2D eigenvalue weighted by Gasteiger charge is -2.26. The van der Waals surface area contributed by atoms with E-state index in [4.69, 9.17) is 0 Å². The molecule has 0 saturated carbocycles. The Hall–Kier alpha value is -5.66. The van der Waals surface area contributed by atoms with Crippen LogP contribution in [0.25, 0.3) is 64.6 Å². The third-order valence-electron chi connectivity index (χ3n) is 8.99. The van der Waals surface area contributed by atoms with Gasteiger partial charge < -0.3 is 4.90 Å². The maximum atomic E-state index is 2.37. The van der Waals surface area contributed by atoms with Crippen molar-refractivity contribution in [1.82, 2.24) is 0 Å². The highest BCUT2D eigenvalue weighted by Gasteiger charge is 2.17. The summed E-state index contributed by atoms with van der Waals surface area (Å²) in [5.74, 6) is 0. The van der Waals surface area contributed by atoms with Gasteiger partial charge in [-0.25, -0.2) is 0 Å². The van der Waals surface area contributed by atoms with Crippen LogP contribution in [0.2, 0.25) is 0 Å². The fraction of sp³-hybridized carbons (Fsp3) is 0. The maximum Gasteiger partial charge on any atom is 0.0468 e. The first kappa shape index (κ1) is 24.0. The molecule has 0 aromatic heterocycles. The lowest BCUT2D eigenvalue weighted by atomic mass is 9.89. The van der Waals surface area contributed by atoms with Crippen LogP contribution < -0.4 is 4.90 Å². The third-order valence-corrected chi connectivity index (χ3v) is 8.99. The Labute approximate surface area is 249 Å². The normalized spacial score (nSPS) is 11.7. The van der Waals surface area contributed by atoms with E-state index >= 15 is 0 Å². The van der Waals surface area contributed by atoms with Crippen molar-refractivity contribution in [2.24, 2.45) is 0 Å². The molecule has 43 heavy (non-hydrogen) atoms. The van der Waals surface area contributed by atoms with Gasteiger partial charge in [0.25, 0.3) is 0 Å². The molecule has 0 unspecified atom stereocenters. The maximum absolute atomic E-state index is 2.37. The van der Waals surface area contributed by atoms with Gasteiger partial charge in [0.15, 0.2) is 0 Å². The quantitative estimate of drug-likeness (QED) is 0.200. The van der Waals surface area contributed by atoms with Gasteiger partial charge in [-0.15, -0.1) is 0 Å². The monoisotopic (exact) mass is 545 g/mol. The van der Waals surface area contributed by atoms with Crippen LogP contribution in [0.1, 0.15) is 0 Å². The molecule has 0 amide bonds.